The Bertz CT molecular complexity index is 1010. The van der Waals surface area contributed by atoms with Crippen LogP contribution in [-0.4, -0.2) is 52.1 Å². The Kier molecular flexibility index (Phi) is 5.28. The molecular weight excluding hydrogens is 378 g/mol. The second-order valence-electron chi connectivity index (χ2n) is 6.51. The summed E-state index contributed by atoms with van der Waals surface area (Å²) in [7, 11) is 0. The molecular formula is C20H18F2N6O. The van der Waals surface area contributed by atoms with Gasteiger partial charge in [0.1, 0.15) is 11.6 Å². The number of amides is 2. The molecule has 4 rings (SSSR count). The zero-order valence-corrected chi connectivity index (χ0v) is 15.4. The average Bonchev–Trinajstić information content (AvgIpc) is 2.76. The summed E-state index contributed by atoms with van der Waals surface area (Å²) in [6, 6.07) is 8.11. The number of nitrogens with zero attached hydrogens (tertiary/aromatic N) is 5. The van der Waals surface area contributed by atoms with Crippen LogP contribution in [0.25, 0.3) is 11.3 Å². The summed E-state index contributed by atoms with van der Waals surface area (Å²) in [5, 5.41) is 2.81. The van der Waals surface area contributed by atoms with Crippen LogP contribution in [0.5, 0.6) is 0 Å². The molecule has 0 radical (unpaired) electrons. The molecule has 0 bridgehead atoms. The second-order valence-corrected chi connectivity index (χ2v) is 6.51. The molecule has 0 spiro atoms. The van der Waals surface area contributed by atoms with Crippen LogP contribution in [0.1, 0.15) is 0 Å². The maximum absolute atomic E-state index is 14.1. The van der Waals surface area contributed by atoms with Crippen molar-refractivity contribution in [2.75, 3.05) is 36.4 Å². The topological polar surface area (TPSA) is 74.2 Å². The highest BCUT2D eigenvalue weighted by atomic mass is 19.1. The summed E-state index contributed by atoms with van der Waals surface area (Å²) in [4.78, 5) is 28.6. The van der Waals surface area contributed by atoms with Crippen molar-refractivity contribution in [1.82, 2.24) is 19.9 Å². The number of carbonyl (C=O) groups is 1. The number of carbonyl (C=O) groups excluding carboxylic acids is 1. The number of halogens is 2. The SMILES string of the molecule is O=C(Nc1cccnc1)N1CCN(c2nccc(-c3cc(F)ccc3F)n2)CC1. The van der Waals surface area contributed by atoms with Gasteiger partial charge in [0.05, 0.1) is 17.6 Å². The molecule has 0 unspecified atom stereocenters. The number of hydrogen-bond acceptors (Lipinski definition) is 5. The smallest absolute Gasteiger partial charge is 0.322 e. The minimum atomic E-state index is -0.548. The summed E-state index contributed by atoms with van der Waals surface area (Å²) < 4.78 is 27.5. The largest absolute Gasteiger partial charge is 0.337 e. The number of anilines is 2. The average molecular weight is 396 g/mol. The lowest BCUT2D eigenvalue weighted by Gasteiger charge is -2.34. The molecule has 1 aliphatic rings. The molecule has 1 N–H and O–H groups in total. The van der Waals surface area contributed by atoms with E-state index in [9.17, 15) is 13.6 Å². The summed E-state index contributed by atoms with van der Waals surface area (Å²) in [5.41, 5.74) is 1.03. The standard InChI is InChI=1S/C20H18F2N6O/c21-14-3-4-17(22)16(12-14)18-5-7-24-19(26-18)27-8-10-28(11-9-27)20(29)25-15-2-1-6-23-13-15/h1-7,12-13H,8-11H2,(H,25,29). The zero-order valence-electron chi connectivity index (χ0n) is 15.4. The molecule has 29 heavy (non-hydrogen) atoms. The van der Waals surface area contributed by atoms with Gasteiger partial charge in [-0.3, -0.25) is 4.98 Å². The first-order valence-electron chi connectivity index (χ1n) is 9.09. The third kappa shape index (κ3) is 4.29. The van der Waals surface area contributed by atoms with Gasteiger partial charge in [-0.2, -0.15) is 0 Å². The summed E-state index contributed by atoms with van der Waals surface area (Å²) in [6.07, 6.45) is 4.74. The Balaban J connectivity index is 1.42. The van der Waals surface area contributed by atoms with Crippen molar-refractivity contribution in [2.24, 2.45) is 0 Å². The van der Waals surface area contributed by atoms with Gasteiger partial charge in [-0.1, -0.05) is 0 Å². The number of pyridine rings is 1. The number of piperazine rings is 1. The molecule has 0 atom stereocenters. The van der Waals surface area contributed by atoms with Crippen LogP contribution in [0.3, 0.4) is 0 Å². The highest BCUT2D eigenvalue weighted by Crippen LogP contribution is 2.23. The summed E-state index contributed by atoms with van der Waals surface area (Å²) >= 11 is 0. The molecule has 0 saturated carbocycles. The van der Waals surface area contributed by atoms with Crippen molar-refractivity contribution in [2.45, 2.75) is 0 Å². The molecule has 2 amide bonds. The summed E-state index contributed by atoms with van der Waals surface area (Å²) in [5.74, 6) is -0.666. The van der Waals surface area contributed by atoms with E-state index in [-0.39, 0.29) is 11.6 Å². The van der Waals surface area contributed by atoms with E-state index in [1.807, 2.05) is 4.90 Å². The van der Waals surface area contributed by atoms with Crippen LogP contribution in [0.2, 0.25) is 0 Å². The van der Waals surface area contributed by atoms with Gasteiger partial charge in [-0.15, -0.1) is 0 Å². The van der Waals surface area contributed by atoms with Crippen molar-refractivity contribution >= 4 is 17.7 Å². The van der Waals surface area contributed by atoms with Crippen LogP contribution >= 0.6 is 0 Å². The van der Waals surface area contributed by atoms with E-state index < -0.39 is 11.6 Å². The normalized spacial score (nSPS) is 14.0. The molecule has 1 aliphatic heterocycles. The first kappa shape index (κ1) is 18.7. The van der Waals surface area contributed by atoms with Gasteiger partial charge >= 0.3 is 6.03 Å². The van der Waals surface area contributed by atoms with Gasteiger partial charge in [0.15, 0.2) is 0 Å². The number of hydrogen-bond donors (Lipinski definition) is 1. The Labute approximate surface area is 166 Å². The number of nitrogens with one attached hydrogen (secondary N) is 1. The fourth-order valence-electron chi connectivity index (χ4n) is 3.09. The third-order valence-electron chi connectivity index (χ3n) is 4.61. The number of benzene rings is 1. The van der Waals surface area contributed by atoms with Crippen molar-refractivity contribution in [1.29, 1.82) is 0 Å². The molecule has 0 aliphatic carbocycles. The molecule has 3 aromatic rings. The Morgan fingerprint density at radius 2 is 1.86 bits per heavy atom. The second kappa shape index (κ2) is 8.17. The lowest BCUT2D eigenvalue weighted by atomic mass is 10.1. The van der Waals surface area contributed by atoms with E-state index in [2.05, 4.69) is 20.3 Å². The monoisotopic (exact) mass is 396 g/mol. The lowest BCUT2D eigenvalue weighted by Crippen LogP contribution is -2.50. The molecule has 1 fully saturated rings. The Morgan fingerprint density at radius 1 is 1.03 bits per heavy atom. The quantitative estimate of drug-likeness (QED) is 0.736. The van der Waals surface area contributed by atoms with E-state index in [1.165, 1.54) is 6.20 Å². The summed E-state index contributed by atoms with van der Waals surface area (Å²) in [6.45, 7) is 2.01. The van der Waals surface area contributed by atoms with Crippen molar-refractivity contribution < 1.29 is 13.6 Å². The lowest BCUT2D eigenvalue weighted by molar-refractivity contribution is 0.208. The zero-order chi connectivity index (χ0) is 20.2. The molecule has 1 saturated heterocycles. The highest BCUT2D eigenvalue weighted by Gasteiger charge is 2.23. The first-order valence-corrected chi connectivity index (χ1v) is 9.09. The molecule has 7 nitrogen and oxygen atoms in total. The van der Waals surface area contributed by atoms with E-state index in [4.69, 9.17) is 0 Å². The van der Waals surface area contributed by atoms with Crippen molar-refractivity contribution in [3.63, 3.8) is 0 Å². The third-order valence-corrected chi connectivity index (χ3v) is 4.61. The minimum Gasteiger partial charge on any atom is -0.337 e. The van der Waals surface area contributed by atoms with Gasteiger partial charge in [0.25, 0.3) is 0 Å². The minimum absolute atomic E-state index is 0.0862. The van der Waals surface area contributed by atoms with Crippen molar-refractivity contribution in [3.05, 3.63) is 66.6 Å². The van der Waals surface area contributed by atoms with Gasteiger partial charge in [0.2, 0.25) is 5.95 Å². The first-order chi connectivity index (χ1) is 14.1. The van der Waals surface area contributed by atoms with E-state index >= 15 is 0 Å². The van der Waals surface area contributed by atoms with Gasteiger partial charge in [-0.05, 0) is 36.4 Å². The number of rotatable bonds is 3. The molecule has 3 heterocycles. The number of urea groups is 1. The fourth-order valence-corrected chi connectivity index (χ4v) is 3.09. The van der Waals surface area contributed by atoms with Crippen LogP contribution < -0.4 is 10.2 Å². The van der Waals surface area contributed by atoms with E-state index in [0.29, 0.717) is 43.5 Å². The Morgan fingerprint density at radius 3 is 2.62 bits per heavy atom. The number of aromatic nitrogens is 3. The Hall–Kier alpha value is -3.62. The fraction of sp³-hybridized carbons (Fsp3) is 0.200. The van der Waals surface area contributed by atoms with E-state index in [0.717, 1.165) is 18.2 Å². The van der Waals surface area contributed by atoms with Crippen LogP contribution in [0.15, 0.2) is 55.0 Å². The maximum atomic E-state index is 14.1. The van der Waals surface area contributed by atoms with Crippen molar-refractivity contribution in [3.8, 4) is 11.3 Å². The van der Waals surface area contributed by atoms with Crippen LogP contribution in [-0.2, 0) is 0 Å². The molecule has 9 heteroatoms. The van der Waals surface area contributed by atoms with Gasteiger partial charge in [-0.25, -0.2) is 23.5 Å². The predicted octanol–water partition coefficient (Wildman–Crippen LogP) is 3.17. The van der Waals surface area contributed by atoms with Crippen LogP contribution in [0.4, 0.5) is 25.2 Å². The van der Waals surface area contributed by atoms with E-state index in [1.54, 1.807) is 35.5 Å². The maximum Gasteiger partial charge on any atom is 0.322 e. The van der Waals surface area contributed by atoms with Crippen LogP contribution in [0, 0.1) is 11.6 Å². The van der Waals surface area contributed by atoms with Gasteiger partial charge in [0, 0.05) is 44.1 Å². The highest BCUT2D eigenvalue weighted by molar-refractivity contribution is 5.89. The van der Waals surface area contributed by atoms with Gasteiger partial charge < -0.3 is 15.1 Å². The molecule has 148 valence electrons. The predicted molar refractivity (Wildman–Crippen MR) is 104 cm³/mol. The molecule has 1 aromatic carbocycles. The molecule has 2 aromatic heterocycles.